The number of ether oxygens (including phenoxy) is 1. The van der Waals surface area contributed by atoms with Crippen LogP contribution < -0.4 is 15.6 Å². The molecule has 236 valence electrons. The minimum atomic E-state index is -3.91. The Hall–Kier alpha value is -4.87. The van der Waals surface area contributed by atoms with Gasteiger partial charge in [-0.15, -0.1) is 0 Å². The van der Waals surface area contributed by atoms with Gasteiger partial charge in [-0.25, -0.2) is 13.4 Å². The zero-order valence-electron chi connectivity index (χ0n) is 26.1. The largest absolute Gasteiger partial charge is 0.489 e. The van der Waals surface area contributed by atoms with Gasteiger partial charge in [0.15, 0.2) is 0 Å². The van der Waals surface area contributed by atoms with Crippen molar-refractivity contribution in [3.05, 3.63) is 113 Å². The molecule has 1 N–H and O–H groups in total. The number of aromatic nitrogens is 4. The first-order chi connectivity index (χ1) is 22.1. The lowest BCUT2D eigenvalue weighted by atomic mass is 9.97. The summed E-state index contributed by atoms with van der Waals surface area (Å²) in [6.07, 6.45) is 5.66. The smallest absolute Gasteiger partial charge is 0.260 e. The van der Waals surface area contributed by atoms with Gasteiger partial charge in [-0.2, -0.15) is 4.98 Å². The second-order valence-electron chi connectivity index (χ2n) is 11.8. The Bertz CT molecular complexity index is 2060. The van der Waals surface area contributed by atoms with Crippen molar-refractivity contribution in [1.82, 2.24) is 24.4 Å². The van der Waals surface area contributed by atoms with Crippen molar-refractivity contribution in [2.75, 3.05) is 25.5 Å². The molecular formula is C35H36N6O4S. The van der Waals surface area contributed by atoms with E-state index >= 15 is 0 Å². The molecule has 6 rings (SSSR count). The van der Waals surface area contributed by atoms with Crippen molar-refractivity contribution in [1.29, 1.82) is 0 Å². The van der Waals surface area contributed by atoms with E-state index in [-0.39, 0.29) is 39.9 Å². The molecule has 1 fully saturated rings. The number of nitrogens with one attached hydrogen (secondary N) is 1. The molecule has 1 atom stereocenters. The maximum Gasteiger partial charge on any atom is 0.260 e. The van der Waals surface area contributed by atoms with Gasteiger partial charge in [-0.1, -0.05) is 38.6 Å². The fourth-order valence-corrected chi connectivity index (χ4v) is 6.96. The predicted molar refractivity (Wildman–Crippen MR) is 179 cm³/mol. The highest BCUT2D eigenvalue weighted by Crippen LogP contribution is 2.27. The van der Waals surface area contributed by atoms with E-state index in [1.54, 1.807) is 36.5 Å². The van der Waals surface area contributed by atoms with E-state index in [9.17, 15) is 13.2 Å². The summed E-state index contributed by atoms with van der Waals surface area (Å²) >= 11 is 0. The van der Waals surface area contributed by atoms with E-state index in [1.165, 1.54) is 29.1 Å². The third-order valence-corrected chi connectivity index (χ3v) is 10.0. The molecule has 1 saturated heterocycles. The average Bonchev–Trinajstić information content (AvgIpc) is 3.47. The first-order valence-corrected chi connectivity index (χ1v) is 16.6. The number of hydrogen-bond acceptors (Lipinski definition) is 9. The van der Waals surface area contributed by atoms with Crippen LogP contribution in [-0.4, -0.2) is 59.1 Å². The highest BCUT2D eigenvalue weighted by Gasteiger charge is 2.24. The van der Waals surface area contributed by atoms with Gasteiger partial charge in [-0.05, 0) is 79.1 Å². The van der Waals surface area contributed by atoms with Crippen molar-refractivity contribution >= 4 is 38.1 Å². The van der Waals surface area contributed by atoms with Crippen LogP contribution in [0.1, 0.15) is 31.4 Å². The second kappa shape index (κ2) is 12.9. The van der Waals surface area contributed by atoms with E-state index in [1.807, 2.05) is 38.1 Å². The van der Waals surface area contributed by atoms with Gasteiger partial charge in [-0.3, -0.25) is 14.3 Å². The number of rotatable bonds is 10. The van der Waals surface area contributed by atoms with Crippen LogP contribution in [0.25, 0.3) is 16.6 Å². The summed E-state index contributed by atoms with van der Waals surface area (Å²) in [4.78, 5) is 29.9. The molecule has 10 nitrogen and oxygen atoms in total. The maximum atomic E-state index is 14.1. The molecule has 0 saturated carbocycles. The van der Waals surface area contributed by atoms with Crippen LogP contribution in [0, 0.1) is 5.92 Å². The molecule has 0 spiro atoms. The van der Waals surface area contributed by atoms with Crippen LogP contribution in [-0.2, 0) is 16.4 Å². The summed E-state index contributed by atoms with van der Waals surface area (Å²) in [6.45, 7) is 9.97. The van der Waals surface area contributed by atoms with Crippen LogP contribution in [0.3, 0.4) is 0 Å². The molecule has 1 unspecified atom stereocenters. The van der Waals surface area contributed by atoms with Crippen LogP contribution >= 0.6 is 0 Å². The number of likely N-dealkylation sites (N-methyl/N-ethyl adjacent to an activating group) is 1. The number of sulfone groups is 1. The maximum absolute atomic E-state index is 14.1. The fraction of sp³-hybridized carbons (Fsp3) is 0.257. The Balaban J connectivity index is 1.38. The summed E-state index contributed by atoms with van der Waals surface area (Å²) in [5, 5.41) is 3.84. The SMILES string of the molecule is C=C(c1cc2cnc(Nc3ccc(OC4CCN(C)C4)cc3)nc2n(Cc2ccncc2S(=O)(=O)c2ccccc2)c1=O)C(C)C. The number of fused-ring (bicyclic) bond motifs is 1. The second-order valence-corrected chi connectivity index (χ2v) is 13.8. The molecular weight excluding hydrogens is 600 g/mol. The Labute approximate surface area is 268 Å². The van der Waals surface area contributed by atoms with Gasteiger partial charge in [0.05, 0.1) is 16.3 Å². The Morgan fingerprint density at radius 2 is 1.85 bits per heavy atom. The lowest BCUT2D eigenvalue weighted by molar-refractivity contribution is 0.208. The third-order valence-electron chi connectivity index (χ3n) is 8.17. The molecule has 11 heteroatoms. The van der Waals surface area contributed by atoms with E-state index < -0.39 is 9.84 Å². The molecule has 0 aliphatic carbocycles. The molecule has 5 aromatic rings. The van der Waals surface area contributed by atoms with E-state index in [0.717, 1.165) is 30.9 Å². The quantitative estimate of drug-likeness (QED) is 0.210. The highest BCUT2D eigenvalue weighted by atomic mass is 32.2. The molecule has 0 bridgehead atoms. The number of nitrogens with zero attached hydrogens (tertiary/aromatic N) is 5. The molecule has 2 aromatic carbocycles. The average molecular weight is 637 g/mol. The van der Waals surface area contributed by atoms with Gasteiger partial charge in [0.2, 0.25) is 15.8 Å². The van der Waals surface area contributed by atoms with Crippen LogP contribution in [0.4, 0.5) is 11.6 Å². The summed E-state index contributed by atoms with van der Waals surface area (Å²) in [5.41, 5.74) is 2.28. The molecule has 0 radical (unpaired) electrons. The summed E-state index contributed by atoms with van der Waals surface area (Å²) < 4.78 is 34.9. The van der Waals surface area contributed by atoms with Crippen LogP contribution in [0.2, 0.25) is 0 Å². The monoisotopic (exact) mass is 636 g/mol. The summed E-state index contributed by atoms with van der Waals surface area (Å²) in [7, 11) is -1.83. The van der Waals surface area contributed by atoms with Crippen LogP contribution in [0.5, 0.6) is 5.75 Å². The first kappa shape index (κ1) is 31.1. The zero-order chi connectivity index (χ0) is 32.4. The van der Waals surface area contributed by atoms with Gasteiger partial charge in [0.1, 0.15) is 17.5 Å². The van der Waals surface area contributed by atoms with Crippen molar-refractivity contribution < 1.29 is 13.2 Å². The number of hydrogen-bond donors (Lipinski definition) is 1. The lowest BCUT2D eigenvalue weighted by Gasteiger charge is -2.17. The van der Waals surface area contributed by atoms with Gasteiger partial charge < -0.3 is 15.0 Å². The minimum absolute atomic E-state index is 0.0110. The number of allylic oxidation sites excluding steroid dienone is 1. The van der Waals surface area contributed by atoms with Crippen molar-refractivity contribution in [3.63, 3.8) is 0 Å². The summed E-state index contributed by atoms with van der Waals surface area (Å²) in [6, 6.07) is 19.1. The first-order valence-electron chi connectivity index (χ1n) is 15.1. The third kappa shape index (κ3) is 6.42. The molecule has 4 heterocycles. The number of anilines is 2. The molecule has 1 aliphatic rings. The number of likely N-dealkylation sites (tertiary alicyclic amines) is 1. The normalized spacial score (nSPS) is 15.3. The molecule has 46 heavy (non-hydrogen) atoms. The van der Waals surface area contributed by atoms with Gasteiger partial charge >= 0.3 is 0 Å². The Morgan fingerprint density at radius 1 is 1.09 bits per heavy atom. The fourth-order valence-electron chi connectivity index (χ4n) is 5.51. The zero-order valence-corrected chi connectivity index (χ0v) is 26.9. The van der Waals surface area contributed by atoms with Gasteiger partial charge in [0.25, 0.3) is 5.56 Å². The summed E-state index contributed by atoms with van der Waals surface area (Å²) in [5.74, 6) is 1.08. The van der Waals surface area contributed by atoms with Crippen molar-refractivity contribution in [2.24, 2.45) is 5.92 Å². The van der Waals surface area contributed by atoms with Crippen molar-refractivity contribution in [3.8, 4) is 5.75 Å². The Kier molecular flexibility index (Phi) is 8.70. The van der Waals surface area contributed by atoms with E-state index in [4.69, 9.17) is 9.72 Å². The van der Waals surface area contributed by atoms with Crippen molar-refractivity contribution in [2.45, 2.75) is 42.7 Å². The predicted octanol–water partition coefficient (Wildman–Crippen LogP) is 5.56. The molecule has 0 amide bonds. The van der Waals surface area contributed by atoms with Crippen LogP contribution in [0.15, 0.2) is 106 Å². The van der Waals surface area contributed by atoms with Gasteiger partial charge in [0, 0.05) is 48.3 Å². The van der Waals surface area contributed by atoms with E-state index in [0.29, 0.717) is 27.7 Å². The number of pyridine rings is 2. The number of benzene rings is 2. The Morgan fingerprint density at radius 3 is 2.54 bits per heavy atom. The lowest BCUT2D eigenvalue weighted by Crippen LogP contribution is -2.26. The topological polar surface area (TPSA) is 119 Å². The highest BCUT2D eigenvalue weighted by molar-refractivity contribution is 7.91. The molecule has 3 aromatic heterocycles. The standard InChI is InChI=1S/C35H36N6O4S/c1-23(2)24(3)31-18-26-19-37-35(38-27-10-12-28(13-11-27)45-29-15-17-40(4)22-29)39-33(26)41(34(31)42)21-25-14-16-36-20-32(25)46(43,44)30-8-6-5-7-9-30/h5-14,16,18-20,23,29H,3,15,17,21-22H2,1-2,4H3,(H,37,38,39). The molecule has 1 aliphatic heterocycles. The minimum Gasteiger partial charge on any atom is -0.489 e. The van der Waals surface area contributed by atoms with E-state index in [2.05, 4.69) is 33.8 Å².